The highest BCUT2D eigenvalue weighted by atomic mass is 16.5. The van der Waals surface area contributed by atoms with E-state index >= 15 is 0 Å². The Bertz CT molecular complexity index is 3270. The van der Waals surface area contributed by atoms with Gasteiger partial charge in [0.25, 0.3) is 23.6 Å². The van der Waals surface area contributed by atoms with E-state index < -0.39 is 11.8 Å². The van der Waals surface area contributed by atoms with E-state index in [4.69, 9.17) is 18.9 Å². The Hall–Kier alpha value is -8.76. The number of nitrogens with zero attached hydrogens (tertiary/aromatic N) is 2. The SMILES string of the molecule is CN1C(=O)c2ccc(Oc3ccc(C(C)(C)c4ccc(Oc5ccc6c(c5)C(=O)N(c5ccc(Oc7ccc(C(C)(C)c8ccc(Oc9ccccc9)cc8)cc7)cc5)C6=O)cc4)cc3)cc2C1=O. The Morgan fingerprint density at radius 1 is 0.319 bits per heavy atom. The van der Waals surface area contributed by atoms with Gasteiger partial charge in [-0.05, 0) is 144 Å². The van der Waals surface area contributed by atoms with E-state index in [0.29, 0.717) is 56.9 Å². The molecule has 0 bridgehead atoms. The van der Waals surface area contributed by atoms with Gasteiger partial charge < -0.3 is 18.9 Å². The number of fused-ring (bicyclic) bond motifs is 2. The lowest BCUT2D eigenvalue weighted by Crippen LogP contribution is -2.29. The van der Waals surface area contributed by atoms with E-state index in [1.165, 1.54) is 11.9 Å². The fourth-order valence-electron chi connectivity index (χ4n) is 8.71. The maximum absolute atomic E-state index is 13.7. The second kappa shape index (κ2) is 17.5. The molecule has 4 amide bonds. The zero-order valence-corrected chi connectivity index (χ0v) is 38.6. The summed E-state index contributed by atoms with van der Waals surface area (Å²) in [6.45, 7) is 8.61. The van der Waals surface area contributed by atoms with Crippen LogP contribution < -0.4 is 23.8 Å². The van der Waals surface area contributed by atoms with Crippen molar-refractivity contribution in [2.24, 2.45) is 0 Å². The smallest absolute Gasteiger partial charge is 0.266 e. The highest BCUT2D eigenvalue weighted by molar-refractivity contribution is 6.34. The number of para-hydroxylation sites is 1. The molecular weight excluding hydrogens is 865 g/mol. The van der Waals surface area contributed by atoms with Crippen LogP contribution in [0.25, 0.3) is 0 Å². The predicted molar refractivity (Wildman–Crippen MR) is 264 cm³/mol. The topological polar surface area (TPSA) is 112 Å². The van der Waals surface area contributed by atoms with Crippen LogP contribution >= 0.6 is 0 Å². The molecular formula is C59H46N2O8. The summed E-state index contributed by atoms with van der Waals surface area (Å²) in [6.07, 6.45) is 0. The van der Waals surface area contributed by atoms with Gasteiger partial charge in [0, 0.05) is 17.9 Å². The van der Waals surface area contributed by atoms with Gasteiger partial charge in [0.1, 0.15) is 46.0 Å². The van der Waals surface area contributed by atoms with Crippen LogP contribution in [-0.4, -0.2) is 35.6 Å². The van der Waals surface area contributed by atoms with Gasteiger partial charge in [-0.2, -0.15) is 0 Å². The van der Waals surface area contributed by atoms with Crippen LogP contribution in [0.15, 0.2) is 188 Å². The van der Waals surface area contributed by atoms with Gasteiger partial charge in [0.2, 0.25) is 0 Å². The standard InChI is InChI=1S/C59H46N2O8/c1-58(2,37-11-21-43(22-12-37)66-42-9-7-6-8-10-42)38-13-23-44(24-14-38)67-47-29-19-41(20-30-47)61-56(64)51-34-32-49(36-53(51)57(61)65)69-46-27-17-40(18-28-46)59(3,4)39-15-25-45(26-16-39)68-48-31-33-50-52(35-48)55(63)60(5)54(50)62/h6-36H,1-5H3. The van der Waals surface area contributed by atoms with E-state index in [9.17, 15) is 19.2 Å². The number of imide groups is 2. The van der Waals surface area contributed by atoms with Gasteiger partial charge in [-0.25, -0.2) is 4.90 Å². The fourth-order valence-corrected chi connectivity index (χ4v) is 8.71. The molecule has 10 heteroatoms. The lowest BCUT2D eigenvalue weighted by Gasteiger charge is -2.26. The van der Waals surface area contributed by atoms with E-state index in [2.05, 4.69) is 52.0 Å². The third-order valence-electron chi connectivity index (χ3n) is 13.0. The molecule has 0 aliphatic carbocycles. The molecule has 2 heterocycles. The van der Waals surface area contributed by atoms with E-state index in [0.717, 1.165) is 38.7 Å². The van der Waals surface area contributed by atoms with Crippen LogP contribution in [0, 0.1) is 0 Å². The van der Waals surface area contributed by atoms with Crippen LogP contribution in [0.5, 0.6) is 46.0 Å². The molecule has 0 saturated carbocycles. The summed E-state index contributed by atoms with van der Waals surface area (Å²) in [7, 11) is 1.47. The summed E-state index contributed by atoms with van der Waals surface area (Å²) in [5.41, 5.74) is 5.39. The number of hydrogen-bond acceptors (Lipinski definition) is 8. The summed E-state index contributed by atoms with van der Waals surface area (Å²) in [6, 6.07) is 58.0. The minimum atomic E-state index is -0.439. The first-order valence-electron chi connectivity index (χ1n) is 22.5. The van der Waals surface area contributed by atoms with Crippen molar-refractivity contribution in [3.8, 4) is 46.0 Å². The molecule has 10 nitrogen and oxygen atoms in total. The molecule has 0 N–H and O–H groups in total. The van der Waals surface area contributed by atoms with Crippen molar-refractivity contribution in [3.63, 3.8) is 0 Å². The van der Waals surface area contributed by atoms with E-state index in [-0.39, 0.29) is 28.2 Å². The third kappa shape index (κ3) is 8.49. The van der Waals surface area contributed by atoms with Crippen molar-refractivity contribution >= 4 is 29.3 Å². The maximum Gasteiger partial charge on any atom is 0.266 e. The average Bonchev–Trinajstić information content (AvgIpc) is 3.74. The molecule has 8 aromatic rings. The zero-order valence-electron chi connectivity index (χ0n) is 38.6. The van der Waals surface area contributed by atoms with Crippen molar-refractivity contribution in [2.75, 3.05) is 11.9 Å². The number of hydrogen-bond donors (Lipinski definition) is 0. The Labute approximate surface area is 399 Å². The average molecular weight is 911 g/mol. The molecule has 340 valence electrons. The molecule has 0 unspecified atom stereocenters. The van der Waals surface area contributed by atoms with Gasteiger partial charge in [-0.3, -0.25) is 24.1 Å². The highest BCUT2D eigenvalue weighted by Crippen LogP contribution is 2.39. The van der Waals surface area contributed by atoms with Crippen LogP contribution in [0.1, 0.15) is 91.4 Å². The van der Waals surface area contributed by atoms with Crippen LogP contribution in [0.2, 0.25) is 0 Å². The molecule has 0 aromatic heterocycles. The number of carbonyl (C=O) groups is 4. The number of anilines is 1. The molecule has 69 heavy (non-hydrogen) atoms. The minimum absolute atomic E-state index is 0.259. The van der Waals surface area contributed by atoms with Gasteiger partial charge >= 0.3 is 0 Å². The third-order valence-corrected chi connectivity index (χ3v) is 13.0. The molecule has 8 aromatic carbocycles. The summed E-state index contributed by atoms with van der Waals surface area (Å²) in [4.78, 5) is 54.3. The lowest BCUT2D eigenvalue weighted by molar-refractivity contribution is 0.0692. The van der Waals surface area contributed by atoms with Crippen LogP contribution in [-0.2, 0) is 10.8 Å². The molecule has 0 radical (unpaired) electrons. The monoisotopic (exact) mass is 910 g/mol. The number of rotatable bonds is 13. The van der Waals surface area contributed by atoms with Crippen LogP contribution in [0.4, 0.5) is 5.69 Å². The lowest BCUT2D eigenvalue weighted by atomic mass is 9.78. The first-order chi connectivity index (χ1) is 33.2. The van der Waals surface area contributed by atoms with Crippen molar-refractivity contribution in [1.82, 2.24) is 4.90 Å². The first kappa shape index (κ1) is 44.1. The highest BCUT2D eigenvalue weighted by Gasteiger charge is 2.37. The Morgan fingerprint density at radius 2 is 0.609 bits per heavy atom. The quantitative estimate of drug-likeness (QED) is 0.105. The van der Waals surface area contributed by atoms with Gasteiger partial charge in [0.05, 0.1) is 27.9 Å². The van der Waals surface area contributed by atoms with Gasteiger partial charge in [-0.15, -0.1) is 0 Å². The Balaban J connectivity index is 0.749. The summed E-state index contributed by atoms with van der Waals surface area (Å²) in [5, 5.41) is 0. The van der Waals surface area contributed by atoms with Crippen LogP contribution in [0.3, 0.4) is 0 Å². The molecule has 0 spiro atoms. The molecule has 0 saturated heterocycles. The molecule has 0 atom stereocenters. The van der Waals surface area contributed by atoms with Gasteiger partial charge in [0.15, 0.2) is 0 Å². The second-order valence-corrected chi connectivity index (χ2v) is 18.1. The maximum atomic E-state index is 13.7. The Morgan fingerprint density at radius 3 is 1.01 bits per heavy atom. The number of ether oxygens (including phenoxy) is 4. The second-order valence-electron chi connectivity index (χ2n) is 18.1. The first-order valence-corrected chi connectivity index (χ1v) is 22.5. The molecule has 2 aliphatic rings. The Kier molecular flexibility index (Phi) is 11.2. The molecule has 10 rings (SSSR count). The fraction of sp³-hybridized carbons (Fsp3) is 0.119. The summed E-state index contributed by atoms with van der Waals surface area (Å²) >= 11 is 0. The summed E-state index contributed by atoms with van der Waals surface area (Å²) in [5.74, 6) is 3.32. The minimum Gasteiger partial charge on any atom is -0.457 e. The zero-order chi connectivity index (χ0) is 48.0. The van der Waals surface area contributed by atoms with Crippen molar-refractivity contribution < 1.29 is 38.1 Å². The normalized spacial score (nSPS) is 13.3. The molecule has 0 fully saturated rings. The van der Waals surface area contributed by atoms with E-state index in [1.807, 2.05) is 103 Å². The van der Waals surface area contributed by atoms with Gasteiger partial charge in [-0.1, -0.05) is 94.4 Å². The van der Waals surface area contributed by atoms with Crippen molar-refractivity contribution in [1.29, 1.82) is 0 Å². The van der Waals surface area contributed by atoms with Crippen molar-refractivity contribution in [3.05, 3.63) is 233 Å². The summed E-state index contributed by atoms with van der Waals surface area (Å²) < 4.78 is 24.4. The largest absolute Gasteiger partial charge is 0.457 e. The van der Waals surface area contributed by atoms with E-state index in [1.54, 1.807) is 60.7 Å². The predicted octanol–water partition coefficient (Wildman–Crippen LogP) is 13.5. The number of carbonyl (C=O) groups excluding carboxylic acids is 4. The molecule has 2 aliphatic heterocycles. The number of amides is 4. The van der Waals surface area contributed by atoms with Crippen molar-refractivity contribution in [2.45, 2.75) is 38.5 Å². The number of benzene rings is 8.